The number of halogens is 1. The number of aromatic amines is 1. The molecule has 146 valence electrons. The van der Waals surface area contributed by atoms with Gasteiger partial charge in [0.1, 0.15) is 11.6 Å². The van der Waals surface area contributed by atoms with Crippen LogP contribution in [0.1, 0.15) is 22.5 Å². The van der Waals surface area contributed by atoms with E-state index in [1.54, 1.807) is 7.11 Å². The van der Waals surface area contributed by atoms with Crippen LogP contribution in [0.2, 0.25) is 0 Å². The Morgan fingerprint density at radius 2 is 1.89 bits per heavy atom. The van der Waals surface area contributed by atoms with Crippen LogP contribution < -0.4 is 10.1 Å². The number of ether oxygens (including phenoxy) is 1. The molecule has 0 aliphatic rings. The number of anilines is 1. The zero-order valence-electron chi connectivity index (χ0n) is 15.9. The normalized spacial score (nSPS) is 10.7. The van der Waals surface area contributed by atoms with Crippen LogP contribution in [0.4, 0.5) is 5.69 Å². The topological polar surface area (TPSA) is 79.9 Å². The first-order valence-electron chi connectivity index (χ1n) is 8.68. The van der Waals surface area contributed by atoms with E-state index in [4.69, 9.17) is 4.74 Å². The summed E-state index contributed by atoms with van der Waals surface area (Å²) < 4.78 is 6.16. The molecule has 0 fully saturated rings. The lowest BCUT2D eigenvalue weighted by Gasteiger charge is -2.11. The molecule has 2 N–H and O–H groups in total. The zero-order chi connectivity index (χ0) is 20.1. The monoisotopic (exact) mass is 460 g/mol. The van der Waals surface area contributed by atoms with E-state index < -0.39 is 0 Å². The molecule has 0 spiro atoms. The number of nitrogens with one attached hydrogen (secondary N) is 2. The maximum atomic E-state index is 12.3. The minimum atomic E-state index is -0.0833. The summed E-state index contributed by atoms with van der Waals surface area (Å²) in [6.07, 6.45) is 0.640. The first-order valence-corrected chi connectivity index (χ1v) is 10.5. The molecule has 2 aromatic carbocycles. The molecule has 1 amide bonds. The number of carbonyl (C=O) groups is 1. The van der Waals surface area contributed by atoms with Gasteiger partial charge in [-0.25, -0.2) is 4.98 Å². The average Bonchev–Trinajstić information content (AvgIpc) is 3.11. The minimum Gasteiger partial charge on any atom is -0.497 e. The molecule has 3 aromatic rings. The van der Waals surface area contributed by atoms with Gasteiger partial charge in [0.2, 0.25) is 11.1 Å². The fourth-order valence-corrected chi connectivity index (χ4v) is 4.08. The third kappa shape index (κ3) is 5.36. The summed E-state index contributed by atoms with van der Waals surface area (Å²) in [5.41, 5.74) is 3.99. The quantitative estimate of drug-likeness (QED) is 0.506. The van der Waals surface area contributed by atoms with Gasteiger partial charge in [0, 0.05) is 16.6 Å². The van der Waals surface area contributed by atoms with Gasteiger partial charge in [-0.05, 0) is 54.8 Å². The summed E-state index contributed by atoms with van der Waals surface area (Å²) in [7, 11) is 1.64. The second kappa shape index (κ2) is 9.25. The van der Waals surface area contributed by atoms with Crippen molar-refractivity contribution in [3.63, 3.8) is 0 Å². The minimum absolute atomic E-state index is 0.0833. The van der Waals surface area contributed by atoms with Crippen molar-refractivity contribution in [3.05, 3.63) is 63.4 Å². The van der Waals surface area contributed by atoms with Crippen LogP contribution >= 0.6 is 27.7 Å². The van der Waals surface area contributed by atoms with Gasteiger partial charge >= 0.3 is 0 Å². The van der Waals surface area contributed by atoms with E-state index in [1.165, 1.54) is 11.8 Å². The number of aromatic nitrogens is 3. The lowest BCUT2D eigenvalue weighted by atomic mass is 10.1. The van der Waals surface area contributed by atoms with Crippen molar-refractivity contribution in [1.29, 1.82) is 0 Å². The number of aryl methyl sites for hydroxylation is 2. The van der Waals surface area contributed by atoms with Crippen molar-refractivity contribution in [3.8, 4) is 5.75 Å². The Labute approximate surface area is 176 Å². The fourth-order valence-electron chi connectivity index (χ4n) is 2.77. The van der Waals surface area contributed by atoms with E-state index in [0.717, 1.165) is 38.4 Å². The van der Waals surface area contributed by atoms with Crippen LogP contribution in [0.5, 0.6) is 5.75 Å². The molecule has 0 aliphatic carbocycles. The Bertz CT molecular complexity index is 950. The van der Waals surface area contributed by atoms with Crippen molar-refractivity contribution in [2.75, 3.05) is 18.2 Å². The van der Waals surface area contributed by atoms with Crippen LogP contribution in [0.25, 0.3) is 0 Å². The molecule has 28 heavy (non-hydrogen) atoms. The second-order valence-corrected chi connectivity index (χ2v) is 8.20. The van der Waals surface area contributed by atoms with Crippen LogP contribution in [-0.2, 0) is 11.2 Å². The van der Waals surface area contributed by atoms with Gasteiger partial charge in [0.05, 0.1) is 12.9 Å². The lowest BCUT2D eigenvalue weighted by Crippen LogP contribution is -2.16. The predicted octanol–water partition coefficient (Wildman–Crippen LogP) is 4.51. The molecule has 0 aliphatic heterocycles. The molecule has 1 aromatic heterocycles. The van der Waals surface area contributed by atoms with Crippen molar-refractivity contribution >= 4 is 39.3 Å². The number of nitrogens with zero attached hydrogens (tertiary/aromatic N) is 2. The number of thioether (sulfide) groups is 1. The summed E-state index contributed by atoms with van der Waals surface area (Å²) in [6, 6.07) is 11.8. The Hall–Kier alpha value is -2.32. The van der Waals surface area contributed by atoms with Gasteiger partial charge in [-0.3, -0.25) is 9.89 Å². The highest BCUT2D eigenvalue weighted by atomic mass is 79.9. The summed E-state index contributed by atoms with van der Waals surface area (Å²) in [5, 5.41) is 10.7. The molecule has 3 rings (SSSR count). The summed E-state index contributed by atoms with van der Waals surface area (Å²) in [4.78, 5) is 16.8. The van der Waals surface area contributed by atoms with Crippen LogP contribution in [0, 0.1) is 13.8 Å². The molecule has 0 unspecified atom stereocenters. The Balaban J connectivity index is 1.54. The number of carbonyl (C=O) groups excluding carboxylic acids is 1. The van der Waals surface area contributed by atoms with E-state index >= 15 is 0 Å². The molecule has 0 radical (unpaired) electrons. The van der Waals surface area contributed by atoms with E-state index in [-0.39, 0.29) is 11.7 Å². The number of H-pyrrole nitrogens is 1. The zero-order valence-corrected chi connectivity index (χ0v) is 18.3. The SMILES string of the molecule is COc1ccc(Cc2nc(SCC(=O)Nc3c(C)cc(Br)cc3C)n[nH]2)cc1. The highest BCUT2D eigenvalue weighted by Gasteiger charge is 2.11. The molecule has 0 atom stereocenters. The van der Waals surface area contributed by atoms with E-state index in [2.05, 4.69) is 36.4 Å². The number of benzene rings is 2. The molecular weight excluding hydrogens is 440 g/mol. The number of hydrogen-bond acceptors (Lipinski definition) is 5. The molecule has 0 bridgehead atoms. The van der Waals surface area contributed by atoms with Crippen LogP contribution in [-0.4, -0.2) is 34.0 Å². The third-order valence-corrected chi connectivity index (χ3v) is 5.44. The van der Waals surface area contributed by atoms with E-state index in [1.807, 2.05) is 50.2 Å². The van der Waals surface area contributed by atoms with Crippen molar-refractivity contribution in [2.24, 2.45) is 0 Å². The van der Waals surface area contributed by atoms with E-state index in [0.29, 0.717) is 11.6 Å². The van der Waals surface area contributed by atoms with Gasteiger partial charge in [-0.15, -0.1) is 5.10 Å². The van der Waals surface area contributed by atoms with Gasteiger partial charge in [0.15, 0.2) is 0 Å². The first kappa shape index (κ1) is 20.4. The summed E-state index contributed by atoms with van der Waals surface area (Å²) in [6.45, 7) is 3.95. The summed E-state index contributed by atoms with van der Waals surface area (Å²) >= 11 is 4.77. The maximum Gasteiger partial charge on any atom is 0.234 e. The van der Waals surface area contributed by atoms with Crippen LogP contribution in [0.15, 0.2) is 46.0 Å². The summed E-state index contributed by atoms with van der Waals surface area (Å²) in [5.74, 6) is 1.74. The molecule has 0 saturated carbocycles. The fraction of sp³-hybridized carbons (Fsp3) is 0.250. The number of hydrogen-bond donors (Lipinski definition) is 2. The number of amides is 1. The molecule has 1 heterocycles. The highest BCUT2D eigenvalue weighted by molar-refractivity contribution is 9.10. The Morgan fingerprint density at radius 1 is 1.21 bits per heavy atom. The Kier molecular flexibility index (Phi) is 6.74. The highest BCUT2D eigenvalue weighted by Crippen LogP contribution is 2.25. The molecule has 0 saturated heterocycles. The second-order valence-electron chi connectivity index (χ2n) is 6.34. The predicted molar refractivity (Wildman–Crippen MR) is 115 cm³/mol. The van der Waals surface area contributed by atoms with E-state index in [9.17, 15) is 4.79 Å². The van der Waals surface area contributed by atoms with Crippen molar-refractivity contribution < 1.29 is 9.53 Å². The average molecular weight is 461 g/mol. The van der Waals surface area contributed by atoms with Gasteiger partial charge in [0.25, 0.3) is 0 Å². The van der Waals surface area contributed by atoms with Crippen LogP contribution in [0.3, 0.4) is 0 Å². The Morgan fingerprint density at radius 3 is 2.54 bits per heavy atom. The van der Waals surface area contributed by atoms with Gasteiger partial charge in [-0.1, -0.05) is 39.8 Å². The number of rotatable bonds is 7. The van der Waals surface area contributed by atoms with Crippen molar-refractivity contribution in [1.82, 2.24) is 15.2 Å². The molecule has 8 heteroatoms. The number of methoxy groups -OCH3 is 1. The maximum absolute atomic E-state index is 12.3. The molecular formula is C20H21BrN4O2S. The smallest absolute Gasteiger partial charge is 0.234 e. The third-order valence-electron chi connectivity index (χ3n) is 4.14. The van der Waals surface area contributed by atoms with Crippen molar-refractivity contribution in [2.45, 2.75) is 25.4 Å². The molecule has 6 nitrogen and oxygen atoms in total. The first-order chi connectivity index (χ1) is 13.4. The van der Waals surface area contributed by atoms with Gasteiger partial charge in [-0.2, -0.15) is 0 Å². The largest absolute Gasteiger partial charge is 0.497 e. The standard InChI is InChI=1S/C20H21BrN4O2S/c1-12-8-15(21)9-13(2)19(12)23-18(26)11-28-20-22-17(24-25-20)10-14-4-6-16(27-3)7-5-14/h4-9H,10-11H2,1-3H3,(H,23,26)(H,22,24,25). The lowest BCUT2D eigenvalue weighted by molar-refractivity contribution is -0.113. The van der Waals surface area contributed by atoms with Gasteiger partial charge < -0.3 is 10.1 Å².